The van der Waals surface area contributed by atoms with Gasteiger partial charge < -0.3 is 24.7 Å². The number of anilines is 1. The number of ether oxygens (including phenoxy) is 4. The summed E-state index contributed by atoms with van der Waals surface area (Å²) < 4.78 is 20.5. The van der Waals surface area contributed by atoms with E-state index in [0.717, 1.165) is 0 Å². The van der Waals surface area contributed by atoms with E-state index in [1.807, 2.05) is 0 Å². The SMILES string of the molecule is COC(=O)CCCOc1c(OC)cc(N)cc1OC. The Balaban J connectivity index is 2.68. The first-order valence-corrected chi connectivity index (χ1v) is 5.83. The molecule has 0 fully saturated rings. The Bertz CT molecular complexity index is 408. The molecule has 1 aromatic rings. The Morgan fingerprint density at radius 1 is 1.16 bits per heavy atom. The molecule has 0 bridgehead atoms. The van der Waals surface area contributed by atoms with Crippen molar-refractivity contribution in [2.75, 3.05) is 33.7 Å². The van der Waals surface area contributed by atoms with Gasteiger partial charge in [-0.15, -0.1) is 0 Å². The van der Waals surface area contributed by atoms with Gasteiger partial charge in [0.25, 0.3) is 0 Å². The van der Waals surface area contributed by atoms with Gasteiger partial charge in [0.2, 0.25) is 5.75 Å². The van der Waals surface area contributed by atoms with Crippen LogP contribution in [0.2, 0.25) is 0 Å². The molecule has 0 aliphatic carbocycles. The van der Waals surface area contributed by atoms with E-state index in [2.05, 4.69) is 4.74 Å². The molecule has 0 amide bonds. The summed E-state index contributed by atoms with van der Waals surface area (Å²) >= 11 is 0. The average Bonchev–Trinajstić information content (AvgIpc) is 2.43. The lowest BCUT2D eigenvalue weighted by Gasteiger charge is -2.14. The van der Waals surface area contributed by atoms with Crippen LogP contribution in [0.25, 0.3) is 0 Å². The van der Waals surface area contributed by atoms with E-state index in [-0.39, 0.29) is 5.97 Å². The third-order valence-electron chi connectivity index (χ3n) is 2.48. The number of rotatable bonds is 7. The first kappa shape index (κ1) is 14.9. The predicted octanol–water partition coefficient (Wildman–Crippen LogP) is 1.62. The fourth-order valence-corrected chi connectivity index (χ4v) is 1.54. The number of carbonyl (C=O) groups excluding carboxylic acids is 1. The topological polar surface area (TPSA) is 80.0 Å². The zero-order valence-electron chi connectivity index (χ0n) is 11.4. The molecule has 6 nitrogen and oxygen atoms in total. The summed E-state index contributed by atoms with van der Waals surface area (Å²) in [5, 5.41) is 0. The molecule has 6 heteroatoms. The molecule has 1 aromatic carbocycles. The van der Waals surface area contributed by atoms with Crippen molar-refractivity contribution in [3.8, 4) is 17.2 Å². The van der Waals surface area contributed by atoms with Gasteiger partial charge in [-0.05, 0) is 6.42 Å². The van der Waals surface area contributed by atoms with Crippen LogP contribution in [0.3, 0.4) is 0 Å². The molecule has 0 aliphatic heterocycles. The van der Waals surface area contributed by atoms with Crippen LogP contribution in [0.1, 0.15) is 12.8 Å². The van der Waals surface area contributed by atoms with Gasteiger partial charge in [-0.1, -0.05) is 0 Å². The number of carbonyl (C=O) groups is 1. The summed E-state index contributed by atoms with van der Waals surface area (Å²) in [6.07, 6.45) is 0.847. The standard InChI is InChI=1S/C13H19NO5/c1-16-10-7-9(14)8-11(17-2)13(10)19-6-4-5-12(15)18-3/h7-8H,4-6,14H2,1-3H3. The molecular formula is C13H19NO5. The van der Waals surface area contributed by atoms with Crippen LogP contribution < -0.4 is 19.9 Å². The summed E-state index contributed by atoms with van der Waals surface area (Å²) in [6.45, 7) is 0.353. The van der Waals surface area contributed by atoms with Crippen molar-refractivity contribution in [3.05, 3.63) is 12.1 Å². The molecule has 0 radical (unpaired) electrons. The van der Waals surface area contributed by atoms with Gasteiger partial charge in [0.1, 0.15) is 0 Å². The molecule has 0 saturated heterocycles. The molecule has 0 atom stereocenters. The molecule has 0 saturated carbocycles. The quantitative estimate of drug-likeness (QED) is 0.460. The van der Waals surface area contributed by atoms with Crippen molar-refractivity contribution in [2.24, 2.45) is 0 Å². The van der Waals surface area contributed by atoms with Gasteiger partial charge in [0.05, 0.1) is 27.9 Å². The van der Waals surface area contributed by atoms with Crippen molar-refractivity contribution in [1.82, 2.24) is 0 Å². The van der Waals surface area contributed by atoms with Crippen molar-refractivity contribution < 1.29 is 23.7 Å². The molecule has 0 spiro atoms. The van der Waals surface area contributed by atoms with E-state index in [9.17, 15) is 4.79 Å². The smallest absolute Gasteiger partial charge is 0.305 e. The number of nitrogen functional groups attached to an aromatic ring is 1. The Morgan fingerprint density at radius 2 is 1.74 bits per heavy atom. The van der Waals surface area contributed by atoms with E-state index < -0.39 is 0 Å². The van der Waals surface area contributed by atoms with Gasteiger partial charge in [-0.3, -0.25) is 4.79 Å². The van der Waals surface area contributed by atoms with Crippen molar-refractivity contribution in [3.63, 3.8) is 0 Å². The van der Waals surface area contributed by atoms with Gasteiger partial charge in [0, 0.05) is 24.2 Å². The van der Waals surface area contributed by atoms with Crippen LogP contribution in [0.15, 0.2) is 12.1 Å². The molecule has 0 unspecified atom stereocenters. The Labute approximate surface area is 112 Å². The summed E-state index contributed by atoms with van der Waals surface area (Å²) in [5.41, 5.74) is 6.24. The maximum absolute atomic E-state index is 11.0. The Morgan fingerprint density at radius 3 is 2.21 bits per heavy atom. The lowest BCUT2D eigenvalue weighted by molar-refractivity contribution is -0.140. The number of benzene rings is 1. The molecule has 2 N–H and O–H groups in total. The van der Waals surface area contributed by atoms with Crippen LogP contribution in [-0.2, 0) is 9.53 Å². The van der Waals surface area contributed by atoms with Crippen molar-refractivity contribution >= 4 is 11.7 Å². The van der Waals surface area contributed by atoms with Crippen molar-refractivity contribution in [1.29, 1.82) is 0 Å². The van der Waals surface area contributed by atoms with Gasteiger partial charge in [-0.25, -0.2) is 0 Å². The summed E-state index contributed by atoms with van der Waals surface area (Å²) in [6, 6.07) is 3.30. The van der Waals surface area contributed by atoms with Crippen molar-refractivity contribution in [2.45, 2.75) is 12.8 Å². The Kier molecular flexibility index (Phi) is 5.78. The first-order chi connectivity index (χ1) is 9.12. The van der Waals surface area contributed by atoms with Gasteiger partial charge in [-0.2, -0.15) is 0 Å². The molecule has 0 aliphatic rings. The molecule has 1 rings (SSSR count). The molecule has 0 heterocycles. The van der Waals surface area contributed by atoms with Crippen LogP contribution >= 0.6 is 0 Å². The second-order valence-electron chi connectivity index (χ2n) is 3.78. The van der Waals surface area contributed by atoms with E-state index in [1.54, 1.807) is 12.1 Å². The number of nitrogens with two attached hydrogens (primary N) is 1. The van der Waals surface area contributed by atoms with E-state index in [4.69, 9.17) is 19.9 Å². The summed E-state index contributed by atoms with van der Waals surface area (Å²) in [4.78, 5) is 11.0. The zero-order chi connectivity index (χ0) is 14.3. The lowest BCUT2D eigenvalue weighted by Crippen LogP contribution is -2.06. The number of hydrogen-bond donors (Lipinski definition) is 1. The normalized spacial score (nSPS) is 9.84. The lowest BCUT2D eigenvalue weighted by atomic mass is 10.2. The number of esters is 1. The van der Waals surface area contributed by atoms with E-state index in [1.165, 1.54) is 21.3 Å². The molecule has 0 aromatic heterocycles. The minimum atomic E-state index is -0.264. The fourth-order valence-electron chi connectivity index (χ4n) is 1.54. The van der Waals surface area contributed by atoms with E-state index >= 15 is 0 Å². The first-order valence-electron chi connectivity index (χ1n) is 5.83. The van der Waals surface area contributed by atoms with Gasteiger partial charge in [0.15, 0.2) is 11.5 Å². The highest BCUT2D eigenvalue weighted by Crippen LogP contribution is 2.39. The highest BCUT2D eigenvalue weighted by Gasteiger charge is 2.13. The summed E-state index contributed by atoms with van der Waals surface area (Å²) in [7, 11) is 4.40. The van der Waals surface area contributed by atoms with Crippen LogP contribution in [0, 0.1) is 0 Å². The highest BCUT2D eigenvalue weighted by atomic mass is 16.5. The molecular weight excluding hydrogens is 250 g/mol. The minimum Gasteiger partial charge on any atom is -0.493 e. The third-order valence-corrected chi connectivity index (χ3v) is 2.48. The van der Waals surface area contributed by atoms with Gasteiger partial charge >= 0.3 is 5.97 Å². The maximum Gasteiger partial charge on any atom is 0.305 e. The Hall–Kier alpha value is -2.11. The fraction of sp³-hybridized carbons (Fsp3) is 0.462. The number of methoxy groups -OCH3 is 3. The van der Waals surface area contributed by atoms with E-state index in [0.29, 0.717) is 42.4 Å². The van der Waals surface area contributed by atoms with Crippen LogP contribution in [0.4, 0.5) is 5.69 Å². The second-order valence-corrected chi connectivity index (χ2v) is 3.78. The minimum absolute atomic E-state index is 0.264. The zero-order valence-corrected chi connectivity index (χ0v) is 11.4. The predicted molar refractivity (Wildman–Crippen MR) is 70.7 cm³/mol. The van der Waals surface area contributed by atoms with Crippen LogP contribution in [-0.4, -0.2) is 33.9 Å². The second kappa shape index (κ2) is 7.35. The average molecular weight is 269 g/mol. The number of hydrogen-bond acceptors (Lipinski definition) is 6. The monoisotopic (exact) mass is 269 g/mol. The largest absolute Gasteiger partial charge is 0.493 e. The van der Waals surface area contributed by atoms with Crippen LogP contribution in [0.5, 0.6) is 17.2 Å². The summed E-state index contributed by atoms with van der Waals surface area (Å²) in [5.74, 6) is 1.20. The third kappa shape index (κ3) is 4.24. The highest BCUT2D eigenvalue weighted by molar-refractivity contribution is 5.69. The maximum atomic E-state index is 11.0. The molecule has 19 heavy (non-hydrogen) atoms. The molecule has 106 valence electrons.